The molecule has 0 fully saturated rings. The molecule has 14 nitrogen and oxygen atoms in total. The average Bonchev–Trinajstić information content (AvgIpc) is 3.55. The molecule has 0 aliphatic heterocycles. The molecule has 4 amide bonds. The minimum absolute atomic E-state index is 0.00645. The van der Waals surface area contributed by atoms with Crippen molar-refractivity contribution >= 4 is 46.4 Å². The van der Waals surface area contributed by atoms with Crippen molar-refractivity contribution in [2.75, 3.05) is 4.90 Å². The maximum atomic E-state index is 14.2. The van der Waals surface area contributed by atoms with E-state index in [4.69, 9.17) is 9.47 Å². The summed E-state index contributed by atoms with van der Waals surface area (Å²) in [6.07, 6.45) is 0.623. The molecule has 0 radical (unpaired) electrons. The first kappa shape index (κ1) is 39.2. The Morgan fingerprint density at radius 1 is 0.852 bits per heavy atom. The Morgan fingerprint density at radius 3 is 2.15 bits per heavy atom. The molecular formula is C38H42F2N8O6. The highest BCUT2D eigenvalue weighted by molar-refractivity contribution is 6.13. The Bertz CT molecular complexity index is 2200. The summed E-state index contributed by atoms with van der Waals surface area (Å²) < 4.78 is 40.4. The summed E-state index contributed by atoms with van der Waals surface area (Å²) in [4.78, 5) is 67.3. The first-order valence-electron chi connectivity index (χ1n) is 17.2. The number of hydrogen-bond acceptors (Lipinski definition) is 10. The van der Waals surface area contributed by atoms with Crippen molar-refractivity contribution in [3.63, 3.8) is 0 Å². The van der Waals surface area contributed by atoms with Crippen molar-refractivity contribution in [3.05, 3.63) is 95.2 Å². The topological polar surface area (TPSA) is 170 Å². The van der Waals surface area contributed by atoms with Gasteiger partial charge in [0, 0.05) is 24.5 Å². The number of aromatic nitrogens is 5. The van der Waals surface area contributed by atoms with E-state index in [9.17, 15) is 28.0 Å². The Hall–Kier alpha value is -6.06. The molecule has 16 heteroatoms. The molecule has 1 atom stereocenters. The summed E-state index contributed by atoms with van der Waals surface area (Å²) in [6.45, 7) is 13.8. The number of nitrogens with one attached hydrogen (secondary N) is 2. The van der Waals surface area contributed by atoms with Crippen molar-refractivity contribution in [2.45, 2.75) is 91.5 Å². The standard InChI is InChI=1S/C38H42F2N8O6/c1-21(2)30-18-29(46-34-43-20-44-48(30)34)33(50)45-28(17-22-10-12-26(39)27(40)16-22)32(49)42-19-23-9-11-25-24(15-23)13-14-41-31(25)47(35(51)53-37(3,4)5)36(52)54-38(6,7)8/h9-16,18,20-21,28H,17,19H2,1-8H3,(H,42,49)(H,45,50)/t28-/m1/s1. The fourth-order valence-corrected chi connectivity index (χ4v) is 5.38. The lowest BCUT2D eigenvalue weighted by atomic mass is 10.0. The maximum Gasteiger partial charge on any atom is 0.425 e. The van der Waals surface area contributed by atoms with Gasteiger partial charge in [0.15, 0.2) is 17.5 Å². The molecule has 5 aromatic rings. The molecule has 0 bridgehead atoms. The van der Waals surface area contributed by atoms with E-state index in [2.05, 4.69) is 30.7 Å². The van der Waals surface area contributed by atoms with Crippen LogP contribution in [0, 0.1) is 11.6 Å². The van der Waals surface area contributed by atoms with Gasteiger partial charge >= 0.3 is 12.2 Å². The molecule has 0 aliphatic carbocycles. The smallest absolute Gasteiger partial charge is 0.425 e. The highest BCUT2D eigenvalue weighted by Crippen LogP contribution is 2.29. The zero-order valence-corrected chi connectivity index (χ0v) is 31.2. The number of ether oxygens (including phenoxy) is 2. The van der Waals surface area contributed by atoms with Crippen LogP contribution in [0.4, 0.5) is 24.2 Å². The largest absolute Gasteiger partial charge is 0.443 e. The van der Waals surface area contributed by atoms with E-state index in [1.807, 2.05) is 13.8 Å². The van der Waals surface area contributed by atoms with Crippen LogP contribution in [0.2, 0.25) is 0 Å². The summed E-state index contributed by atoms with van der Waals surface area (Å²) >= 11 is 0. The van der Waals surface area contributed by atoms with Gasteiger partial charge in [0.05, 0.1) is 5.69 Å². The molecule has 2 aromatic carbocycles. The predicted octanol–water partition coefficient (Wildman–Crippen LogP) is 6.41. The number of rotatable bonds is 9. The van der Waals surface area contributed by atoms with Gasteiger partial charge in [-0.15, -0.1) is 0 Å². The van der Waals surface area contributed by atoms with Crippen LogP contribution in [-0.4, -0.2) is 65.8 Å². The van der Waals surface area contributed by atoms with Crippen LogP contribution in [0.5, 0.6) is 0 Å². The van der Waals surface area contributed by atoms with Crippen molar-refractivity contribution in [3.8, 4) is 0 Å². The number of halogens is 2. The first-order chi connectivity index (χ1) is 25.3. The van der Waals surface area contributed by atoms with E-state index in [1.165, 1.54) is 23.1 Å². The molecule has 5 rings (SSSR count). The molecule has 0 unspecified atom stereocenters. The van der Waals surface area contributed by atoms with Gasteiger partial charge in [-0.3, -0.25) is 9.59 Å². The van der Waals surface area contributed by atoms with E-state index in [0.717, 1.165) is 17.0 Å². The lowest BCUT2D eigenvalue weighted by Gasteiger charge is -2.28. The van der Waals surface area contributed by atoms with Crippen LogP contribution >= 0.6 is 0 Å². The normalized spacial score (nSPS) is 12.4. The van der Waals surface area contributed by atoms with Gasteiger partial charge in [0.1, 0.15) is 29.3 Å². The second-order valence-electron chi connectivity index (χ2n) is 14.9. The number of imide groups is 1. The lowest BCUT2D eigenvalue weighted by Crippen LogP contribution is -2.48. The zero-order chi connectivity index (χ0) is 39.5. The molecule has 0 spiro atoms. The Morgan fingerprint density at radius 2 is 1.52 bits per heavy atom. The van der Waals surface area contributed by atoms with Gasteiger partial charge in [0.25, 0.3) is 11.7 Å². The number of amides is 4. The SMILES string of the molecule is CC(C)c1cc(C(=O)N[C@H](Cc2ccc(F)c(F)c2)C(=O)NCc2ccc3c(N(C(=O)OC(C)(C)C)C(=O)OC(C)(C)C)nccc3c2)nc2ncnn12. The molecule has 3 heterocycles. The Labute approximate surface area is 310 Å². The van der Waals surface area contributed by atoms with E-state index in [0.29, 0.717) is 22.0 Å². The third-order valence-corrected chi connectivity index (χ3v) is 7.79. The van der Waals surface area contributed by atoms with Gasteiger partial charge in [0.2, 0.25) is 5.91 Å². The van der Waals surface area contributed by atoms with Crippen molar-refractivity contribution in [2.24, 2.45) is 0 Å². The average molecular weight is 745 g/mol. The van der Waals surface area contributed by atoms with Crippen molar-refractivity contribution in [1.82, 2.24) is 35.2 Å². The minimum Gasteiger partial charge on any atom is -0.443 e. The molecule has 0 saturated carbocycles. The summed E-state index contributed by atoms with van der Waals surface area (Å²) in [5, 5.41) is 10.7. The fraction of sp³-hybridized carbons (Fsp3) is 0.368. The monoisotopic (exact) mass is 744 g/mol. The Kier molecular flexibility index (Phi) is 11.2. The number of anilines is 1. The number of nitrogens with zero attached hydrogens (tertiary/aromatic N) is 6. The highest BCUT2D eigenvalue weighted by Gasteiger charge is 2.34. The summed E-state index contributed by atoms with van der Waals surface area (Å²) in [5.74, 6) is -3.31. The quantitative estimate of drug-likeness (QED) is 0.172. The van der Waals surface area contributed by atoms with Crippen molar-refractivity contribution < 1.29 is 37.4 Å². The van der Waals surface area contributed by atoms with Crippen LogP contribution in [0.25, 0.3) is 16.6 Å². The lowest BCUT2D eigenvalue weighted by molar-refractivity contribution is -0.123. The van der Waals surface area contributed by atoms with Crippen molar-refractivity contribution in [1.29, 1.82) is 0 Å². The highest BCUT2D eigenvalue weighted by atomic mass is 19.2. The van der Waals surface area contributed by atoms with Gasteiger partial charge in [-0.25, -0.2) is 32.9 Å². The molecule has 54 heavy (non-hydrogen) atoms. The van der Waals surface area contributed by atoms with E-state index in [1.54, 1.807) is 71.9 Å². The van der Waals surface area contributed by atoms with E-state index >= 15 is 0 Å². The maximum absolute atomic E-state index is 14.2. The third kappa shape index (κ3) is 9.48. The zero-order valence-electron chi connectivity index (χ0n) is 31.2. The van der Waals surface area contributed by atoms with Crippen LogP contribution in [-0.2, 0) is 27.2 Å². The van der Waals surface area contributed by atoms with Crippen LogP contribution in [0.1, 0.15) is 88.6 Å². The fourth-order valence-electron chi connectivity index (χ4n) is 5.38. The number of benzene rings is 2. The number of pyridine rings is 1. The van der Waals surface area contributed by atoms with E-state index in [-0.39, 0.29) is 41.7 Å². The summed E-state index contributed by atoms with van der Waals surface area (Å²) in [5.41, 5.74) is -0.301. The Balaban J connectivity index is 1.40. The van der Waals surface area contributed by atoms with Crippen LogP contribution < -0.4 is 15.5 Å². The summed E-state index contributed by atoms with van der Waals surface area (Å²) in [7, 11) is 0. The predicted molar refractivity (Wildman–Crippen MR) is 195 cm³/mol. The van der Waals surface area contributed by atoms with E-state index < -0.39 is 52.9 Å². The number of hydrogen-bond donors (Lipinski definition) is 2. The number of fused-ring (bicyclic) bond motifs is 2. The first-order valence-corrected chi connectivity index (χ1v) is 17.2. The van der Waals surface area contributed by atoms with Gasteiger partial charge < -0.3 is 20.1 Å². The minimum atomic E-state index is -1.23. The summed E-state index contributed by atoms with van der Waals surface area (Å²) in [6, 6.07) is 10.3. The van der Waals surface area contributed by atoms with Gasteiger partial charge in [-0.05, 0) is 94.3 Å². The molecule has 0 aliphatic rings. The molecule has 2 N–H and O–H groups in total. The third-order valence-electron chi connectivity index (χ3n) is 7.79. The second-order valence-corrected chi connectivity index (χ2v) is 14.9. The number of carbonyl (C=O) groups is 4. The van der Waals surface area contributed by atoms with Crippen LogP contribution in [0.15, 0.2) is 61.1 Å². The molecular weight excluding hydrogens is 702 g/mol. The number of carbonyl (C=O) groups excluding carboxylic acids is 4. The second kappa shape index (κ2) is 15.5. The van der Waals surface area contributed by atoms with Gasteiger partial charge in [-0.2, -0.15) is 15.0 Å². The van der Waals surface area contributed by atoms with Crippen LogP contribution in [0.3, 0.4) is 0 Å². The van der Waals surface area contributed by atoms with Gasteiger partial charge in [-0.1, -0.05) is 32.0 Å². The molecule has 284 valence electrons. The molecule has 3 aromatic heterocycles. The molecule has 0 saturated heterocycles.